The Morgan fingerprint density at radius 2 is 1.67 bits per heavy atom. The number of carbonyl (C=O) groups excluding carboxylic acids is 2. The molecule has 8 nitrogen and oxygen atoms in total. The van der Waals surface area contributed by atoms with E-state index in [1.54, 1.807) is 37.5 Å². The van der Waals surface area contributed by atoms with Crippen LogP contribution in [0.5, 0.6) is 5.75 Å². The molecule has 0 aliphatic heterocycles. The molecule has 5 N–H and O–H groups in total. The molecule has 1 aromatic rings. The number of hydrogen-bond donors (Lipinski definition) is 4. The first kappa shape index (κ1) is 29.9. The second-order valence-electron chi connectivity index (χ2n) is 8.27. The maximum atomic E-state index is 12.1. The van der Waals surface area contributed by atoms with Crippen molar-refractivity contribution in [3.05, 3.63) is 36.4 Å². The molecule has 0 unspecified atom stereocenters. The van der Waals surface area contributed by atoms with Gasteiger partial charge in [0.05, 0.1) is 13.2 Å². The van der Waals surface area contributed by atoms with E-state index in [0.717, 1.165) is 5.75 Å². The molecule has 0 fully saturated rings. The summed E-state index contributed by atoms with van der Waals surface area (Å²) in [7, 11) is 1.59. The minimum Gasteiger partial charge on any atom is -0.497 e. The van der Waals surface area contributed by atoms with Gasteiger partial charge in [0.15, 0.2) is 0 Å². The summed E-state index contributed by atoms with van der Waals surface area (Å²) in [6.45, 7) is 8.10. The van der Waals surface area contributed by atoms with Crippen LogP contribution in [0.4, 0.5) is 18.9 Å². The molecule has 0 bridgehead atoms. The van der Waals surface area contributed by atoms with Crippen molar-refractivity contribution in [3.63, 3.8) is 0 Å². The molecule has 1 rings (SSSR count). The predicted octanol–water partition coefficient (Wildman–Crippen LogP) is 3.48. The van der Waals surface area contributed by atoms with Crippen molar-refractivity contribution in [1.82, 2.24) is 5.32 Å². The van der Waals surface area contributed by atoms with Gasteiger partial charge in [0.25, 0.3) is 0 Å². The van der Waals surface area contributed by atoms with Crippen LogP contribution in [0, 0.1) is 5.41 Å². The largest absolute Gasteiger partial charge is 0.497 e. The SMILES string of the molecule is CC[C@H](N)C(=O)N[C@H](/C=C/C(=O)Nc1ccc(OC)cc1)CC(C)(C)C.O=C(O)C(F)(F)F. The fourth-order valence-electron chi connectivity index (χ4n) is 2.36. The van der Waals surface area contributed by atoms with Crippen molar-refractivity contribution in [1.29, 1.82) is 0 Å². The molecule has 33 heavy (non-hydrogen) atoms. The van der Waals surface area contributed by atoms with E-state index in [1.165, 1.54) is 6.08 Å². The summed E-state index contributed by atoms with van der Waals surface area (Å²) in [5.74, 6) is -2.50. The van der Waals surface area contributed by atoms with E-state index in [0.29, 0.717) is 18.5 Å². The Hall–Kier alpha value is -3.08. The Morgan fingerprint density at radius 3 is 2.06 bits per heavy atom. The van der Waals surface area contributed by atoms with Crippen molar-refractivity contribution >= 4 is 23.5 Å². The van der Waals surface area contributed by atoms with Crippen molar-refractivity contribution in [3.8, 4) is 5.75 Å². The number of aliphatic carboxylic acids is 1. The zero-order valence-electron chi connectivity index (χ0n) is 19.3. The summed E-state index contributed by atoms with van der Waals surface area (Å²) < 4.78 is 36.8. The fraction of sp³-hybridized carbons (Fsp3) is 0.500. The molecular formula is C22H32F3N3O5. The van der Waals surface area contributed by atoms with E-state index < -0.39 is 18.2 Å². The van der Waals surface area contributed by atoms with Gasteiger partial charge in [-0.15, -0.1) is 0 Å². The molecule has 11 heteroatoms. The lowest BCUT2D eigenvalue weighted by molar-refractivity contribution is -0.192. The lowest BCUT2D eigenvalue weighted by atomic mass is 9.87. The number of halogens is 3. The van der Waals surface area contributed by atoms with Gasteiger partial charge in [-0.2, -0.15) is 13.2 Å². The third-order valence-corrected chi connectivity index (χ3v) is 4.02. The lowest BCUT2D eigenvalue weighted by Gasteiger charge is -2.25. The molecule has 0 aliphatic rings. The minimum absolute atomic E-state index is 0.00887. The van der Waals surface area contributed by atoms with Crippen LogP contribution in [0.2, 0.25) is 0 Å². The summed E-state index contributed by atoms with van der Waals surface area (Å²) in [5, 5.41) is 12.8. The molecule has 0 aromatic heterocycles. The van der Waals surface area contributed by atoms with Crippen LogP contribution in [0.25, 0.3) is 0 Å². The third kappa shape index (κ3) is 13.8. The van der Waals surface area contributed by atoms with E-state index in [1.807, 2.05) is 6.92 Å². The van der Waals surface area contributed by atoms with Crippen molar-refractivity contribution in [2.75, 3.05) is 12.4 Å². The van der Waals surface area contributed by atoms with Crippen molar-refractivity contribution in [2.45, 2.75) is 58.8 Å². The Labute approximate surface area is 191 Å². The summed E-state index contributed by atoms with van der Waals surface area (Å²) in [5.41, 5.74) is 6.45. The number of nitrogens with one attached hydrogen (secondary N) is 2. The fourth-order valence-corrected chi connectivity index (χ4v) is 2.36. The number of carboxylic acid groups (broad SMARTS) is 1. The van der Waals surface area contributed by atoms with Gasteiger partial charge in [0.2, 0.25) is 11.8 Å². The highest BCUT2D eigenvalue weighted by Gasteiger charge is 2.38. The number of rotatable bonds is 8. The van der Waals surface area contributed by atoms with Gasteiger partial charge in [-0.1, -0.05) is 33.8 Å². The Bertz CT molecular complexity index is 803. The molecule has 0 saturated carbocycles. The number of amides is 2. The van der Waals surface area contributed by atoms with Gasteiger partial charge in [-0.3, -0.25) is 9.59 Å². The number of carboxylic acids is 1. The highest BCUT2D eigenvalue weighted by atomic mass is 19.4. The van der Waals surface area contributed by atoms with Gasteiger partial charge in [-0.25, -0.2) is 4.79 Å². The molecule has 0 heterocycles. The molecule has 1 aromatic carbocycles. The molecule has 2 amide bonds. The molecule has 0 saturated heterocycles. The number of ether oxygens (including phenoxy) is 1. The number of anilines is 1. The van der Waals surface area contributed by atoms with E-state index in [-0.39, 0.29) is 23.3 Å². The number of hydrogen-bond acceptors (Lipinski definition) is 5. The van der Waals surface area contributed by atoms with E-state index in [9.17, 15) is 22.8 Å². The van der Waals surface area contributed by atoms with Crippen molar-refractivity contribution in [2.24, 2.45) is 11.1 Å². The average Bonchev–Trinajstić information content (AvgIpc) is 2.70. The smallest absolute Gasteiger partial charge is 0.490 e. The number of methoxy groups -OCH3 is 1. The number of alkyl halides is 3. The van der Waals surface area contributed by atoms with Crippen LogP contribution in [0.3, 0.4) is 0 Å². The second kappa shape index (κ2) is 13.5. The first-order chi connectivity index (χ1) is 15.1. The van der Waals surface area contributed by atoms with Gasteiger partial charge >= 0.3 is 12.1 Å². The highest BCUT2D eigenvalue weighted by molar-refractivity contribution is 5.99. The number of nitrogens with two attached hydrogens (primary N) is 1. The van der Waals surface area contributed by atoms with Gasteiger partial charge < -0.3 is 26.2 Å². The second-order valence-corrected chi connectivity index (χ2v) is 8.27. The molecule has 0 spiro atoms. The van der Waals surface area contributed by atoms with Crippen LogP contribution in [-0.4, -0.2) is 48.3 Å². The maximum Gasteiger partial charge on any atom is 0.490 e. The normalized spacial score (nSPS) is 13.4. The average molecular weight is 476 g/mol. The molecule has 0 aliphatic carbocycles. The van der Waals surface area contributed by atoms with Crippen LogP contribution in [-0.2, 0) is 14.4 Å². The van der Waals surface area contributed by atoms with Crippen LogP contribution < -0.4 is 21.1 Å². The summed E-state index contributed by atoms with van der Waals surface area (Å²) in [4.78, 5) is 33.1. The molecule has 186 valence electrons. The summed E-state index contributed by atoms with van der Waals surface area (Å²) >= 11 is 0. The first-order valence-electron chi connectivity index (χ1n) is 10.1. The van der Waals surface area contributed by atoms with Crippen LogP contribution >= 0.6 is 0 Å². The molecule has 0 radical (unpaired) electrons. The van der Waals surface area contributed by atoms with Crippen LogP contribution in [0.15, 0.2) is 36.4 Å². The first-order valence-corrected chi connectivity index (χ1v) is 10.1. The Morgan fingerprint density at radius 1 is 1.15 bits per heavy atom. The van der Waals surface area contributed by atoms with Crippen LogP contribution in [0.1, 0.15) is 40.5 Å². The maximum absolute atomic E-state index is 12.1. The van der Waals surface area contributed by atoms with E-state index >= 15 is 0 Å². The molecule has 2 atom stereocenters. The quantitative estimate of drug-likeness (QED) is 0.426. The minimum atomic E-state index is -5.08. The summed E-state index contributed by atoms with van der Waals surface area (Å²) in [6, 6.07) is 6.27. The third-order valence-electron chi connectivity index (χ3n) is 4.02. The predicted molar refractivity (Wildman–Crippen MR) is 119 cm³/mol. The zero-order valence-corrected chi connectivity index (χ0v) is 19.3. The topological polar surface area (TPSA) is 131 Å². The van der Waals surface area contributed by atoms with Crippen molar-refractivity contribution < 1.29 is 37.4 Å². The summed E-state index contributed by atoms with van der Waals surface area (Å²) in [6.07, 6.45) is -0.667. The number of benzene rings is 1. The van der Waals surface area contributed by atoms with Gasteiger partial charge in [0.1, 0.15) is 5.75 Å². The Kier molecular flexibility index (Phi) is 12.2. The highest BCUT2D eigenvalue weighted by Crippen LogP contribution is 2.21. The Balaban J connectivity index is 0.00000126. The lowest BCUT2D eigenvalue weighted by Crippen LogP contribution is -2.45. The zero-order chi connectivity index (χ0) is 25.8. The molecular weight excluding hydrogens is 443 g/mol. The number of carbonyl (C=O) groups is 3. The van der Waals surface area contributed by atoms with E-state index in [4.69, 9.17) is 20.4 Å². The van der Waals surface area contributed by atoms with Gasteiger partial charge in [0, 0.05) is 17.8 Å². The van der Waals surface area contributed by atoms with E-state index in [2.05, 4.69) is 31.4 Å². The van der Waals surface area contributed by atoms with Gasteiger partial charge in [-0.05, 0) is 42.5 Å². The standard InChI is InChI=1S/C20H31N3O3.C2HF3O2/c1-6-17(21)19(25)23-15(13-20(2,3)4)9-12-18(24)22-14-7-10-16(26-5)11-8-14;3-2(4,5)1(6)7/h7-12,15,17H,6,13,21H2,1-5H3,(H,22,24)(H,23,25);(H,6,7)/b12-9+;/t15-,17+;/m1./s1. The monoisotopic (exact) mass is 475 g/mol.